The molecule has 0 saturated heterocycles. The summed E-state index contributed by atoms with van der Waals surface area (Å²) in [5, 5.41) is 5.65. The van der Waals surface area contributed by atoms with Crippen molar-refractivity contribution in [3.05, 3.63) is 185 Å². The molecule has 0 spiro atoms. The summed E-state index contributed by atoms with van der Waals surface area (Å²) < 4.78 is 17.7. The predicted molar refractivity (Wildman–Crippen MR) is 222 cm³/mol. The van der Waals surface area contributed by atoms with Crippen LogP contribution in [0.3, 0.4) is 0 Å². The molecule has 12 heteroatoms. The Bertz CT molecular complexity index is 2050. The van der Waals surface area contributed by atoms with Gasteiger partial charge in [-0.1, -0.05) is 115 Å². The number of oxazole rings is 1. The third kappa shape index (κ3) is 12.4. The van der Waals surface area contributed by atoms with Crippen LogP contribution in [0.4, 0.5) is 0 Å². The number of amides is 2. The van der Waals surface area contributed by atoms with E-state index in [-0.39, 0.29) is 42.1 Å². The monoisotopic (exact) mass is 799 g/mol. The standard InChI is InChI=1S/C45H41N3O7S2/c49-41(34-20-10-3-11-21-34)46-38(30-56-28-32-16-6-1-7-17-32)44(51)53-26-37-40(55-43(48-37)36-24-14-5-15-25-36)27-54-45(52)39(31-57-29-33-18-8-2-9-19-33)47-42(50)35-22-12-4-13-23-35/h1-25,38-39H,26-31H2,(H,46,49)(H,47,50)/t38-,39+/m1/s1. The van der Waals surface area contributed by atoms with E-state index >= 15 is 0 Å². The summed E-state index contributed by atoms with van der Waals surface area (Å²) in [6, 6.07) is 44.1. The predicted octanol–water partition coefficient (Wildman–Crippen LogP) is 7.89. The van der Waals surface area contributed by atoms with Crippen molar-refractivity contribution >= 4 is 47.3 Å². The van der Waals surface area contributed by atoms with E-state index in [1.807, 2.05) is 91.0 Å². The summed E-state index contributed by atoms with van der Waals surface area (Å²) in [4.78, 5) is 58.2. The summed E-state index contributed by atoms with van der Waals surface area (Å²) in [6.45, 7) is -0.655. The molecule has 1 heterocycles. The van der Waals surface area contributed by atoms with Crippen molar-refractivity contribution in [1.29, 1.82) is 0 Å². The fourth-order valence-corrected chi connectivity index (χ4v) is 7.53. The number of ether oxygens (including phenoxy) is 2. The lowest BCUT2D eigenvalue weighted by Crippen LogP contribution is -2.43. The van der Waals surface area contributed by atoms with Crippen molar-refractivity contribution in [2.45, 2.75) is 36.8 Å². The molecule has 10 nitrogen and oxygen atoms in total. The van der Waals surface area contributed by atoms with Gasteiger partial charge in [0.1, 0.15) is 24.4 Å². The van der Waals surface area contributed by atoms with E-state index in [9.17, 15) is 19.2 Å². The highest BCUT2D eigenvalue weighted by molar-refractivity contribution is 7.98. The minimum atomic E-state index is -0.980. The van der Waals surface area contributed by atoms with Gasteiger partial charge in [0.15, 0.2) is 12.4 Å². The molecule has 0 bridgehead atoms. The van der Waals surface area contributed by atoms with E-state index in [1.54, 1.807) is 60.7 Å². The number of hydrogen-bond acceptors (Lipinski definition) is 10. The van der Waals surface area contributed by atoms with Gasteiger partial charge in [-0.3, -0.25) is 9.59 Å². The van der Waals surface area contributed by atoms with Crippen LogP contribution in [0.2, 0.25) is 0 Å². The highest BCUT2D eigenvalue weighted by atomic mass is 32.2. The highest BCUT2D eigenvalue weighted by Gasteiger charge is 2.27. The Labute approximate surface area is 339 Å². The number of hydrogen-bond donors (Lipinski definition) is 2. The van der Waals surface area contributed by atoms with Gasteiger partial charge >= 0.3 is 11.9 Å². The second-order valence-corrected chi connectivity index (χ2v) is 14.8. The van der Waals surface area contributed by atoms with E-state index in [0.29, 0.717) is 28.2 Å². The molecule has 290 valence electrons. The number of carbonyl (C=O) groups excluding carboxylic acids is 4. The Hall–Kier alpha value is -6.11. The average Bonchev–Trinajstić information content (AvgIpc) is 3.68. The zero-order valence-corrected chi connectivity index (χ0v) is 32.6. The normalized spacial score (nSPS) is 11.9. The molecular weight excluding hydrogens is 759 g/mol. The number of nitrogens with one attached hydrogen (secondary N) is 2. The minimum absolute atomic E-state index is 0.170. The van der Waals surface area contributed by atoms with Crippen LogP contribution in [0.5, 0.6) is 0 Å². The van der Waals surface area contributed by atoms with Gasteiger partial charge in [-0.05, 0) is 47.5 Å². The van der Waals surface area contributed by atoms with Crippen LogP contribution in [0.25, 0.3) is 11.5 Å². The maximum absolute atomic E-state index is 13.7. The van der Waals surface area contributed by atoms with Gasteiger partial charge in [0.2, 0.25) is 5.89 Å². The first-order chi connectivity index (χ1) is 27.9. The molecule has 2 atom stereocenters. The molecule has 0 unspecified atom stereocenters. The van der Waals surface area contributed by atoms with Gasteiger partial charge in [0.25, 0.3) is 11.8 Å². The summed E-state index contributed by atoms with van der Waals surface area (Å²) in [6.07, 6.45) is 0. The molecule has 0 aliphatic carbocycles. The fraction of sp³-hybridized carbons (Fsp3) is 0.178. The Morgan fingerprint density at radius 3 is 1.40 bits per heavy atom. The van der Waals surface area contributed by atoms with Crippen molar-refractivity contribution in [2.75, 3.05) is 11.5 Å². The van der Waals surface area contributed by atoms with Crippen LogP contribution in [-0.2, 0) is 43.8 Å². The first-order valence-electron chi connectivity index (χ1n) is 18.3. The van der Waals surface area contributed by atoms with Gasteiger partial charge in [-0.25, -0.2) is 14.6 Å². The van der Waals surface area contributed by atoms with Gasteiger partial charge in [-0.2, -0.15) is 23.5 Å². The Balaban J connectivity index is 1.15. The maximum Gasteiger partial charge on any atom is 0.329 e. The van der Waals surface area contributed by atoms with Crippen molar-refractivity contribution in [1.82, 2.24) is 15.6 Å². The quantitative estimate of drug-likeness (QED) is 0.0779. The number of benzene rings is 5. The van der Waals surface area contributed by atoms with E-state index < -0.39 is 35.8 Å². The summed E-state index contributed by atoms with van der Waals surface area (Å²) >= 11 is 2.97. The summed E-state index contributed by atoms with van der Waals surface area (Å²) in [5.41, 5.74) is 3.88. The van der Waals surface area contributed by atoms with E-state index in [1.165, 1.54) is 23.5 Å². The molecule has 1 aromatic heterocycles. The lowest BCUT2D eigenvalue weighted by molar-refractivity contribution is -0.148. The average molecular weight is 800 g/mol. The number of thioether (sulfide) groups is 2. The fourth-order valence-electron chi connectivity index (χ4n) is 5.53. The van der Waals surface area contributed by atoms with Crippen LogP contribution in [-0.4, -0.2) is 52.3 Å². The summed E-state index contributed by atoms with van der Waals surface area (Å²) in [7, 11) is 0. The topological polar surface area (TPSA) is 137 Å². The third-order valence-electron chi connectivity index (χ3n) is 8.54. The SMILES string of the molecule is O=C(N[C@@H](CSCc1ccccc1)C(=O)OCc1oc(-c2ccccc2)nc1COC(=O)[C@@H](CSCc1ccccc1)NC(=O)c1ccccc1)c1ccccc1. The maximum atomic E-state index is 13.7. The third-order valence-corrected chi connectivity index (χ3v) is 10.8. The van der Waals surface area contributed by atoms with Crippen LogP contribution in [0, 0.1) is 0 Å². The van der Waals surface area contributed by atoms with Crippen molar-refractivity contribution < 1.29 is 33.1 Å². The number of nitrogens with zero attached hydrogens (tertiary/aromatic N) is 1. The van der Waals surface area contributed by atoms with Crippen LogP contribution in [0.1, 0.15) is 43.3 Å². The zero-order chi connectivity index (χ0) is 39.7. The van der Waals surface area contributed by atoms with Crippen molar-refractivity contribution in [3.8, 4) is 11.5 Å². The number of rotatable bonds is 19. The van der Waals surface area contributed by atoms with Crippen molar-refractivity contribution in [3.63, 3.8) is 0 Å². The summed E-state index contributed by atoms with van der Waals surface area (Å²) in [5.74, 6) is 0.0247. The van der Waals surface area contributed by atoms with E-state index in [4.69, 9.17) is 13.9 Å². The first-order valence-corrected chi connectivity index (χ1v) is 20.6. The van der Waals surface area contributed by atoms with Gasteiger partial charge in [0.05, 0.1) is 0 Å². The van der Waals surface area contributed by atoms with E-state index in [2.05, 4.69) is 15.6 Å². The highest BCUT2D eigenvalue weighted by Crippen LogP contribution is 2.24. The molecule has 0 radical (unpaired) electrons. The molecule has 6 aromatic rings. The largest absolute Gasteiger partial charge is 0.457 e. The van der Waals surface area contributed by atoms with Gasteiger partial charge < -0.3 is 24.5 Å². The minimum Gasteiger partial charge on any atom is -0.457 e. The Morgan fingerprint density at radius 1 is 0.544 bits per heavy atom. The van der Waals surface area contributed by atoms with Crippen LogP contribution in [0.15, 0.2) is 156 Å². The van der Waals surface area contributed by atoms with Crippen LogP contribution >= 0.6 is 23.5 Å². The number of aromatic nitrogens is 1. The zero-order valence-electron chi connectivity index (χ0n) is 31.0. The molecule has 0 aliphatic rings. The van der Waals surface area contributed by atoms with Gasteiger partial charge in [0, 0.05) is 39.7 Å². The first kappa shape index (κ1) is 40.6. The van der Waals surface area contributed by atoms with Crippen LogP contribution < -0.4 is 10.6 Å². The lowest BCUT2D eigenvalue weighted by atomic mass is 10.2. The van der Waals surface area contributed by atoms with E-state index in [0.717, 1.165) is 11.1 Å². The Kier molecular flexibility index (Phi) is 15.1. The molecule has 57 heavy (non-hydrogen) atoms. The second kappa shape index (κ2) is 21.3. The Morgan fingerprint density at radius 2 is 0.947 bits per heavy atom. The molecule has 6 rings (SSSR count). The second-order valence-electron chi connectivity index (χ2n) is 12.8. The lowest BCUT2D eigenvalue weighted by Gasteiger charge is -2.18. The molecule has 0 aliphatic heterocycles. The molecule has 2 N–H and O–H groups in total. The smallest absolute Gasteiger partial charge is 0.329 e. The molecule has 2 amide bonds. The molecule has 5 aromatic carbocycles. The van der Waals surface area contributed by atoms with Gasteiger partial charge in [-0.15, -0.1) is 0 Å². The molecule has 0 fully saturated rings. The molecular formula is C45H41N3O7S2. The molecule has 0 saturated carbocycles. The number of esters is 2. The number of carbonyl (C=O) groups is 4. The van der Waals surface area contributed by atoms with Crippen molar-refractivity contribution in [2.24, 2.45) is 0 Å².